The lowest BCUT2D eigenvalue weighted by Crippen LogP contribution is -2.46. The smallest absolute Gasteiger partial charge is 0.254 e. The Kier molecular flexibility index (Phi) is 3.87. The number of hydrogen-bond donors (Lipinski definition) is 1. The van der Waals surface area contributed by atoms with Crippen LogP contribution in [0.3, 0.4) is 0 Å². The van der Waals surface area contributed by atoms with Crippen LogP contribution in [0, 0.1) is 6.92 Å². The van der Waals surface area contributed by atoms with Gasteiger partial charge in [-0.15, -0.1) is 0 Å². The normalized spacial score (nSPS) is 17.4. The molecule has 0 saturated heterocycles. The molecule has 1 aromatic heterocycles. The number of pyridine rings is 1. The van der Waals surface area contributed by atoms with Gasteiger partial charge in [-0.2, -0.15) is 0 Å². The Morgan fingerprint density at radius 2 is 2.12 bits per heavy atom. The average molecular weight is 400 g/mol. The van der Waals surface area contributed by atoms with E-state index in [1.807, 2.05) is 37.3 Å². The Labute approximate surface area is 154 Å². The highest BCUT2D eigenvalue weighted by molar-refractivity contribution is 9.10. The van der Waals surface area contributed by atoms with E-state index < -0.39 is 0 Å². The van der Waals surface area contributed by atoms with E-state index in [1.54, 1.807) is 11.0 Å². The van der Waals surface area contributed by atoms with Crippen molar-refractivity contribution in [1.82, 2.24) is 9.88 Å². The van der Waals surface area contributed by atoms with Crippen molar-refractivity contribution >= 4 is 33.6 Å². The molecule has 0 atom stereocenters. The monoisotopic (exact) mass is 399 g/mol. The van der Waals surface area contributed by atoms with Crippen LogP contribution in [0.5, 0.6) is 0 Å². The van der Waals surface area contributed by atoms with Crippen LogP contribution in [0.25, 0.3) is 0 Å². The van der Waals surface area contributed by atoms with Gasteiger partial charge in [0.1, 0.15) is 12.4 Å². The number of nitrogens with one attached hydrogen (secondary N) is 1. The molecule has 1 saturated carbocycles. The Hall–Kier alpha value is -2.21. The number of aromatic nitrogens is 1. The molecule has 2 aliphatic rings. The van der Waals surface area contributed by atoms with E-state index in [9.17, 15) is 9.59 Å². The first kappa shape index (κ1) is 16.3. The van der Waals surface area contributed by atoms with Gasteiger partial charge < -0.3 is 10.2 Å². The molecular weight excluding hydrogens is 382 g/mol. The van der Waals surface area contributed by atoms with E-state index in [-0.39, 0.29) is 23.8 Å². The summed E-state index contributed by atoms with van der Waals surface area (Å²) in [7, 11) is 0. The van der Waals surface area contributed by atoms with Crippen LogP contribution in [0.15, 0.2) is 40.9 Å². The van der Waals surface area contributed by atoms with E-state index in [0.29, 0.717) is 17.9 Å². The molecule has 1 aliphatic carbocycles. The topological polar surface area (TPSA) is 62.3 Å². The van der Waals surface area contributed by atoms with Crippen LogP contribution in [-0.2, 0) is 10.2 Å². The van der Waals surface area contributed by atoms with Gasteiger partial charge in [0.2, 0.25) is 5.91 Å². The van der Waals surface area contributed by atoms with E-state index in [4.69, 9.17) is 0 Å². The predicted molar refractivity (Wildman–Crippen MR) is 98.6 cm³/mol. The van der Waals surface area contributed by atoms with Crippen molar-refractivity contribution in [3.05, 3.63) is 57.7 Å². The summed E-state index contributed by atoms with van der Waals surface area (Å²) < 4.78 is 0.988. The second-order valence-electron chi connectivity index (χ2n) is 6.84. The molecule has 4 rings (SSSR count). The minimum atomic E-state index is -0.220. The molecule has 6 heteroatoms. The zero-order chi connectivity index (χ0) is 17.6. The van der Waals surface area contributed by atoms with Crippen molar-refractivity contribution in [3.8, 4) is 0 Å². The fourth-order valence-electron chi connectivity index (χ4n) is 3.51. The van der Waals surface area contributed by atoms with E-state index in [1.165, 1.54) is 0 Å². The number of fused-ring (bicyclic) bond motifs is 2. The van der Waals surface area contributed by atoms with Crippen molar-refractivity contribution in [2.75, 3.05) is 18.4 Å². The second-order valence-corrected chi connectivity index (χ2v) is 7.76. The Balaban J connectivity index is 1.53. The Morgan fingerprint density at radius 3 is 2.84 bits per heavy atom. The number of hydrogen-bond acceptors (Lipinski definition) is 3. The number of anilines is 1. The third kappa shape index (κ3) is 3.06. The molecule has 1 aromatic carbocycles. The van der Waals surface area contributed by atoms with E-state index >= 15 is 0 Å². The van der Waals surface area contributed by atoms with Crippen molar-refractivity contribution in [2.24, 2.45) is 0 Å². The minimum absolute atomic E-state index is 0.0227. The van der Waals surface area contributed by atoms with Gasteiger partial charge in [-0.3, -0.25) is 9.59 Å². The molecule has 25 heavy (non-hydrogen) atoms. The van der Waals surface area contributed by atoms with Gasteiger partial charge in [-0.1, -0.05) is 22.0 Å². The predicted octanol–water partition coefficient (Wildman–Crippen LogP) is 3.28. The van der Waals surface area contributed by atoms with Gasteiger partial charge in [-0.25, -0.2) is 4.98 Å². The van der Waals surface area contributed by atoms with Gasteiger partial charge in [0.05, 0.1) is 0 Å². The first-order valence-electron chi connectivity index (χ1n) is 8.30. The highest BCUT2D eigenvalue weighted by Crippen LogP contribution is 2.52. The maximum atomic E-state index is 12.8. The molecule has 1 spiro atoms. The molecule has 128 valence electrons. The third-order valence-corrected chi connectivity index (χ3v) is 5.40. The fourth-order valence-corrected chi connectivity index (χ4v) is 3.87. The molecule has 0 bridgehead atoms. The molecule has 1 fully saturated rings. The van der Waals surface area contributed by atoms with Gasteiger partial charge in [0.25, 0.3) is 5.91 Å². The highest BCUT2D eigenvalue weighted by Gasteiger charge is 2.51. The Bertz CT molecular complexity index is 877. The number of benzene rings is 1. The largest absolute Gasteiger partial charge is 0.328 e. The number of halogens is 1. The van der Waals surface area contributed by atoms with Crippen LogP contribution in [0.1, 0.15) is 34.5 Å². The lowest BCUT2D eigenvalue weighted by atomic mass is 9.86. The number of nitrogens with zero attached hydrogens (tertiary/aromatic N) is 2. The molecule has 2 aromatic rings. The van der Waals surface area contributed by atoms with Crippen molar-refractivity contribution in [2.45, 2.75) is 25.2 Å². The summed E-state index contributed by atoms with van der Waals surface area (Å²) in [5, 5.41) is 2.78. The van der Waals surface area contributed by atoms with Crippen LogP contribution < -0.4 is 5.32 Å². The molecule has 2 heterocycles. The molecule has 5 nitrogen and oxygen atoms in total. The van der Waals surface area contributed by atoms with E-state index in [2.05, 4.69) is 26.2 Å². The number of carbonyl (C=O) groups excluding carboxylic acids is 2. The summed E-state index contributed by atoms with van der Waals surface area (Å²) in [5.41, 5.74) is 2.69. The maximum absolute atomic E-state index is 12.8. The van der Waals surface area contributed by atoms with Gasteiger partial charge in [0.15, 0.2) is 0 Å². The average Bonchev–Trinajstić information content (AvgIpc) is 3.33. The van der Waals surface area contributed by atoms with Crippen LogP contribution in [0.2, 0.25) is 0 Å². The summed E-state index contributed by atoms with van der Waals surface area (Å²) in [4.78, 5) is 31.1. The molecule has 0 unspecified atom stereocenters. The van der Waals surface area contributed by atoms with Crippen molar-refractivity contribution in [1.29, 1.82) is 0 Å². The van der Waals surface area contributed by atoms with E-state index in [0.717, 1.165) is 28.6 Å². The summed E-state index contributed by atoms with van der Waals surface area (Å²) in [6.07, 6.45) is 2.11. The molecule has 2 amide bonds. The molecular formula is C19H18BrN3O2. The summed E-state index contributed by atoms with van der Waals surface area (Å²) in [6, 6.07) is 11.3. The van der Waals surface area contributed by atoms with Gasteiger partial charge in [-0.05, 0) is 55.7 Å². The summed E-state index contributed by atoms with van der Waals surface area (Å²) in [6.45, 7) is 2.52. The zero-order valence-corrected chi connectivity index (χ0v) is 15.5. The standard InChI is InChI=1S/C19H18BrN3O2/c1-12-3-2-4-16(21-12)22-17(24)10-23-11-19(7-8-19)15-9-13(20)5-6-14(15)18(23)25/h2-6,9H,7-8,10-11H2,1H3,(H,21,22,24). The maximum Gasteiger partial charge on any atom is 0.254 e. The minimum Gasteiger partial charge on any atom is -0.328 e. The van der Waals surface area contributed by atoms with Crippen LogP contribution >= 0.6 is 15.9 Å². The number of rotatable bonds is 3. The van der Waals surface area contributed by atoms with Crippen molar-refractivity contribution in [3.63, 3.8) is 0 Å². The number of aryl methyl sites for hydroxylation is 1. The van der Waals surface area contributed by atoms with Gasteiger partial charge >= 0.3 is 0 Å². The zero-order valence-electron chi connectivity index (χ0n) is 13.9. The lowest BCUT2D eigenvalue weighted by Gasteiger charge is -2.34. The SMILES string of the molecule is Cc1cccc(NC(=O)CN2CC3(CC3)c3cc(Br)ccc3C2=O)n1. The first-order chi connectivity index (χ1) is 12.0. The molecule has 1 aliphatic heterocycles. The lowest BCUT2D eigenvalue weighted by molar-refractivity contribution is -0.117. The van der Waals surface area contributed by atoms with Crippen LogP contribution in [-0.4, -0.2) is 34.8 Å². The fraction of sp³-hybridized carbons (Fsp3) is 0.316. The summed E-state index contributed by atoms with van der Waals surface area (Å²) >= 11 is 3.49. The molecule has 1 N–H and O–H groups in total. The van der Waals surface area contributed by atoms with Gasteiger partial charge in [0, 0.05) is 27.7 Å². The van der Waals surface area contributed by atoms with Crippen LogP contribution in [0.4, 0.5) is 5.82 Å². The second kappa shape index (κ2) is 5.95. The molecule has 0 radical (unpaired) electrons. The Morgan fingerprint density at radius 1 is 1.32 bits per heavy atom. The summed E-state index contributed by atoms with van der Waals surface area (Å²) in [5.74, 6) is 0.218. The number of carbonyl (C=O) groups is 2. The number of amides is 2. The quantitative estimate of drug-likeness (QED) is 0.860. The highest BCUT2D eigenvalue weighted by atomic mass is 79.9. The third-order valence-electron chi connectivity index (χ3n) is 4.91. The van der Waals surface area contributed by atoms with Crippen molar-refractivity contribution < 1.29 is 9.59 Å². The first-order valence-corrected chi connectivity index (χ1v) is 9.09.